The topological polar surface area (TPSA) is 66.4 Å². The minimum atomic E-state index is -0.791. The molecule has 1 aromatic rings. The van der Waals surface area contributed by atoms with Crippen molar-refractivity contribution in [2.75, 3.05) is 18.1 Å². The minimum absolute atomic E-state index is 0.0501. The van der Waals surface area contributed by atoms with Gasteiger partial charge in [-0.15, -0.1) is 0 Å². The van der Waals surface area contributed by atoms with E-state index in [1.807, 2.05) is 6.07 Å². The van der Waals surface area contributed by atoms with Gasteiger partial charge in [0.1, 0.15) is 5.82 Å². The fourth-order valence-electron chi connectivity index (χ4n) is 2.77. The van der Waals surface area contributed by atoms with Crippen LogP contribution in [0.5, 0.6) is 0 Å². The molecule has 132 valence electrons. The van der Waals surface area contributed by atoms with E-state index < -0.39 is 11.4 Å². The predicted octanol–water partition coefficient (Wildman–Crippen LogP) is 3.51. The Labute approximate surface area is 149 Å². The molecule has 0 spiro atoms. The highest BCUT2D eigenvalue weighted by Gasteiger charge is 2.43. The second kappa shape index (κ2) is 9.32. The fraction of sp³-hybridized carbons (Fsp3) is 0.529. The van der Waals surface area contributed by atoms with Crippen molar-refractivity contribution in [2.24, 2.45) is 5.41 Å². The minimum Gasteiger partial charge on any atom is -0.481 e. The van der Waals surface area contributed by atoms with Crippen molar-refractivity contribution in [3.63, 3.8) is 0 Å². The molecule has 0 saturated heterocycles. The number of halogens is 1. The van der Waals surface area contributed by atoms with Crippen LogP contribution >= 0.6 is 21.6 Å². The second-order valence-electron chi connectivity index (χ2n) is 5.98. The number of hydrogen-bond acceptors (Lipinski definition) is 4. The zero-order chi connectivity index (χ0) is 17.4. The molecule has 1 saturated carbocycles. The van der Waals surface area contributed by atoms with Crippen molar-refractivity contribution < 1.29 is 19.1 Å². The number of rotatable bonds is 10. The number of carbonyl (C=O) groups excluding carboxylic acids is 1. The number of carboxylic acid groups (broad SMARTS) is 1. The lowest BCUT2D eigenvalue weighted by molar-refractivity contribution is -0.137. The van der Waals surface area contributed by atoms with Crippen molar-refractivity contribution >= 4 is 33.5 Å². The maximum absolute atomic E-state index is 13.3. The van der Waals surface area contributed by atoms with Crippen molar-refractivity contribution in [3.8, 4) is 0 Å². The molecular weight excluding hydrogens is 349 g/mol. The van der Waals surface area contributed by atoms with E-state index in [0.717, 1.165) is 30.6 Å². The standard InChI is InChI=1S/C17H22FNO3S2/c18-14-4-1-3-13(11-14)12-17(6-2-7-17)16(22)19-8-10-24-23-9-5-15(20)21/h1,3-4,11H,2,5-10,12H2,(H,19,22)(H,20,21). The van der Waals surface area contributed by atoms with Crippen LogP contribution in [0.25, 0.3) is 0 Å². The third kappa shape index (κ3) is 5.70. The summed E-state index contributed by atoms with van der Waals surface area (Å²) in [5.74, 6) is 0.302. The van der Waals surface area contributed by atoms with Gasteiger partial charge in [-0.05, 0) is 37.0 Å². The van der Waals surface area contributed by atoms with Crippen LogP contribution in [-0.2, 0) is 16.0 Å². The Morgan fingerprint density at radius 1 is 1.25 bits per heavy atom. The van der Waals surface area contributed by atoms with E-state index >= 15 is 0 Å². The highest BCUT2D eigenvalue weighted by atomic mass is 33.1. The number of carbonyl (C=O) groups is 2. The van der Waals surface area contributed by atoms with Crippen molar-refractivity contribution in [2.45, 2.75) is 32.1 Å². The molecule has 0 radical (unpaired) electrons. The summed E-state index contributed by atoms with van der Waals surface area (Å²) in [7, 11) is 3.08. The van der Waals surface area contributed by atoms with E-state index in [9.17, 15) is 14.0 Å². The first-order chi connectivity index (χ1) is 11.5. The molecule has 1 amide bonds. The Morgan fingerprint density at radius 2 is 2.00 bits per heavy atom. The highest BCUT2D eigenvalue weighted by molar-refractivity contribution is 8.76. The fourth-order valence-corrected chi connectivity index (χ4v) is 4.65. The number of aliphatic carboxylic acids is 1. The molecule has 2 rings (SSSR count). The van der Waals surface area contributed by atoms with Gasteiger partial charge in [-0.3, -0.25) is 9.59 Å². The number of amides is 1. The SMILES string of the molecule is O=C(O)CCSSCCNC(=O)C1(Cc2cccc(F)c2)CCC1. The molecule has 4 nitrogen and oxygen atoms in total. The van der Waals surface area contributed by atoms with E-state index in [1.165, 1.54) is 22.9 Å². The Morgan fingerprint density at radius 3 is 2.62 bits per heavy atom. The second-order valence-corrected chi connectivity index (χ2v) is 8.69. The summed E-state index contributed by atoms with van der Waals surface area (Å²) in [6, 6.07) is 6.46. The normalized spacial score (nSPS) is 15.5. The molecule has 24 heavy (non-hydrogen) atoms. The van der Waals surface area contributed by atoms with Crippen molar-refractivity contribution in [1.29, 1.82) is 0 Å². The third-order valence-corrected chi connectivity index (χ3v) is 6.59. The lowest BCUT2D eigenvalue weighted by atomic mass is 9.64. The number of hydrogen-bond donors (Lipinski definition) is 2. The molecule has 0 heterocycles. The first-order valence-corrected chi connectivity index (χ1v) is 10.5. The van der Waals surface area contributed by atoms with Gasteiger partial charge in [0.15, 0.2) is 0 Å². The number of nitrogens with one attached hydrogen (secondary N) is 1. The maximum Gasteiger partial charge on any atom is 0.304 e. The molecule has 0 bridgehead atoms. The highest BCUT2D eigenvalue weighted by Crippen LogP contribution is 2.44. The number of benzene rings is 1. The summed E-state index contributed by atoms with van der Waals surface area (Å²) >= 11 is 0. The average molecular weight is 371 g/mol. The van der Waals surface area contributed by atoms with Gasteiger partial charge in [0, 0.05) is 18.1 Å². The molecule has 1 aromatic carbocycles. The van der Waals surface area contributed by atoms with Crippen molar-refractivity contribution in [1.82, 2.24) is 5.32 Å². The molecule has 7 heteroatoms. The lowest BCUT2D eigenvalue weighted by Gasteiger charge is -2.40. The van der Waals surface area contributed by atoms with Crippen LogP contribution in [0.4, 0.5) is 4.39 Å². The summed E-state index contributed by atoms with van der Waals surface area (Å²) in [6.07, 6.45) is 3.45. The van der Waals surface area contributed by atoms with E-state index in [-0.39, 0.29) is 18.1 Å². The van der Waals surface area contributed by atoms with Crippen LogP contribution in [0, 0.1) is 11.2 Å². The maximum atomic E-state index is 13.3. The number of carboxylic acids is 1. The Balaban J connectivity index is 1.72. The Kier molecular flexibility index (Phi) is 7.42. The lowest BCUT2D eigenvalue weighted by Crippen LogP contribution is -2.47. The summed E-state index contributed by atoms with van der Waals surface area (Å²) < 4.78 is 13.3. The van der Waals surface area contributed by atoms with Crippen LogP contribution in [0.3, 0.4) is 0 Å². The molecule has 0 atom stereocenters. The molecule has 1 fully saturated rings. The van der Waals surface area contributed by atoms with Gasteiger partial charge < -0.3 is 10.4 Å². The van der Waals surface area contributed by atoms with Crippen molar-refractivity contribution in [3.05, 3.63) is 35.6 Å². The summed E-state index contributed by atoms with van der Waals surface area (Å²) in [4.78, 5) is 22.9. The van der Waals surface area contributed by atoms with Gasteiger partial charge in [-0.2, -0.15) is 0 Å². The first-order valence-electron chi connectivity index (χ1n) is 8.01. The smallest absolute Gasteiger partial charge is 0.304 e. The molecular formula is C17H22FNO3S2. The van der Waals surface area contributed by atoms with Gasteiger partial charge in [-0.1, -0.05) is 40.1 Å². The van der Waals surface area contributed by atoms with Gasteiger partial charge in [0.05, 0.1) is 11.8 Å². The van der Waals surface area contributed by atoms with E-state index in [2.05, 4.69) is 5.32 Å². The molecule has 0 unspecified atom stereocenters. The van der Waals surface area contributed by atoms with Crippen LogP contribution in [-0.4, -0.2) is 35.0 Å². The van der Waals surface area contributed by atoms with E-state index in [0.29, 0.717) is 18.7 Å². The zero-order valence-corrected chi connectivity index (χ0v) is 15.1. The Hall–Kier alpha value is -1.21. The van der Waals surface area contributed by atoms with Crippen LogP contribution in [0.1, 0.15) is 31.2 Å². The predicted molar refractivity (Wildman–Crippen MR) is 96.6 cm³/mol. The molecule has 0 aromatic heterocycles. The summed E-state index contributed by atoms with van der Waals surface area (Å²) in [6.45, 7) is 0.564. The molecule has 0 aliphatic heterocycles. The zero-order valence-electron chi connectivity index (χ0n) is 13.4. The van der Waals surface area contributed by atoms with Gasteiger partial charge >= 0.3 is 5.97 Å². The summed E-state index contributed by atoms with van der Waals surface area (Å²) in [5, 5.41) is 11.5. The third-order valence-electron chi connectivity index (χ3n) is 4.18. The largest absolute Gasteiger partial charge is 0.481 e. The van der Waals surface area contributed by atoms with E-state index in [4.69, 9.17) is 5.11 Å². The molecule has 1 aliphatic rings. The van der Waals surface area contributed by atoms with Crippen LogP contribution in [0.15, 0.2) is 24.3 Å². The van der Waals surface area contributed by atoms with Crippen LogP contribution < -0.4 is 5.32 Å². The van der Waals surface area contributed by atoms with Gasteiger partial charge in [-0.25, -0.2) is 4.39 Å². The van der Waals surface area contributed by atoms with Gasteiger partial charge in [0.2, 0.25) is 5.91 Å². The quantitative estimate of drug-likeness (QED) is 0.487. The summed E-state index contributed by atoms with van der Waals surface area (Å²) in [5.41, 5.74) is 0.470. The van der Waals surface area contributed by atoms with Crippen LogP contribution in [0.2, 0.25) is 0 Å². The monoisotopic (exact) mass is 371 g/mol. The Bertz CT molecular complexity index is 579. The first kappa shape index (κ1) is 19.1. The average Bonchev–Trinajstić information content (AvgIpc) is 2.49. The molecule has 2 N–H and O–H groups in total. The molecule has 1 aliphatic carbocycles. The van der Waals surface area contributed by atoms with Gasteiger partial charge in [0.25, 0.3) is 0 Å². The van der Waals surface area contributed by atoms with E-state index in [1.54, 1.807) is 16.9 Å².